The summed E-state index contributed by atoms with van der Waals surface area (Å²) in [5, 5.41) is 5.21. The van der Waals surface area contributed by atoms with Crippen molar-refractivity contribution in [2.24, 2.45) is 10.1 Å². The molecule has 8 nitrogen and oxygen atoms in total. The smallest absolute Gasteiger partial charge is 0.307 e. The Morgan fingerprint density at radius 3 is 2.60 bits per heavy atom. The Bertz CT molecular complexity index is 1290. The number of nitrogens with two attached hydrogens (primary N) is 1. The van der Waals surface area contributed by atoms with Gasteiger partial charge in [-0.2, -0.15) is 4.99 Å². The monoisotopic (exact) mass is 445 g/mol. The lowest BCUT2D eigenvalue weighted by Crippen LogP contribution is -2.19. The van der Waals surface area contributed by atoms with Crippen LogP contribution in [-0.4, -0.2) is 32.0 Å². The molecule has 0 bridgehead atoms. The highest BCUT2D eigenvalue weighted by Gasteiger charge is 2.14. The minimum atomic E-state index is -3.88. The van der Waals surface area contributed by atoms with Crippen LogP contribution in [0.1, 0.15) is 12.0 Å². The maximum atomic E-state index is 12.4. The van der Waals surface area contributed by atoms with E-state index in [1.165, 1.54) is 25.3 Å². The molecule has 1 heterocycles. The molecular weight excluding hydrogens is 426 g/mol. The minimum absolute atomic E-state index is 0.0433. The van der Waals surface area contributed by atoms with Gasteiger partial charge in [-0.3, -0.25) is 9.59 Å². The Hall–Kier alpha value is -3.08. The molecule has 0 saturated heterocycles. The van der Waals surface area contributed by atoms with Gasteiger partial charge in [-0.25, -0.2) is 13.6 Å². The van der Waals surface area contributed by atoms with Crippen LogP contribution in [-0.2, 0) is 30.9 Å². The van der Waals surface area contributed by atoms with Crippen molar-refractivity contribution in [2.75, 3.05) is 7.11 Å². The number of rotatable bonds is 6. The molecule has 156 valence electrons. The molecule has 0 fully saturated rings. The molecule has 0 radical (unpaired) electrons. The first kappa shape index (κ1) is 21.6. The summed E-state index contributed by atoms with van der Waals surface area (Å²) in [7, 11) is -2.58. The Morgan fingerprint density at radius 1 is 1.20 bits per heavy atom. The van der Waals surface area contributed by atoms with Crippen LogP contribution >= 0.6 is 11.3 Å². The Kier molecular flexibility index (Phi) is 6.60. The van der Waals surface area contributed by atoms with Crippen LogP contribution in [0, 0.1) is 0 Å². The number of benzene rings is 2. The van der Waals surface area contributed by atoms with Crippen LogP contribution in [0.4, 0.5) is 0 Å². The van der Waals surface area contributed by atoms with Gasteiger partial charge in [-0.1, -0.05) is 41.7 Å². The third-order valence-corrected chi connectivity index (χ3v) is 6.13. The number of aromatic nitrogens is 1. The summed E-state index contributed by atoms with van der Waals surface area (Å²) in [6, 6.07) is 13.7. The lowest BCUT2D eigenvalue weighted by molar-refractivity contribution is -0.140. The van der Waals surface area contributed by atoms with Gasteiger partial charge < -0.3 is 9.30 Å². The second-order valence-electron chi connectivity index (χ2n) is 6.23. The molecule has 0 atom stereocenters. The number of aryl methyl sites for hydroxylation is 1. The van der Waals surface area contributed by atoms with Crippen LogP contribution in [0.15, 0.2) is 64.5 Å². The summed E-state index contributed by atoms with van der Waals surface area (Å²) in [5.74, 6) is -0.895. The first-order valence-electron chi connectivity index (χ1n) is 8.83. The summed E-state index contributed by atoms with van der Waals surface area (Å²) in [5.41, 5.74) is 1.49. The molecule has 10 heteroatoms. The molecule has 0 unspecified atom stereocenters. The number of esters is 1. The summed E-state index contributed by atoms with van der Waals surface area (Å²) in [4.78, 5) is 28.4. The van der Waals surface area contributed by atoms with Crippen molar-refractivity contribution in [1.29, 1.82) is 0 Å². The number of sulfonamides is 1. The van der Waals surface area contributed by atoms with Gasteiger partial charge in [-0.05, 0) is 29.8 Å². The lowest BCUT2D eigenvalue weighted by Gasteiger charge is -2.05. The molecule has 0 spiro atoms. The molecule has 0 aliphatic rings. The average Bonchev–Trinajstić information content (AvgIpc) is 3.06. The van der Waals surface area contributed by atoms with Gasteiger partial charge >= 0.3 is 5.97 Å². The lowest BCUT2D eigenvalue weighted by atomic mass is 10.2. The van der Waals surface area contributed by atoms with E-state index in [4.69, 9.17) is 5.14 Å². The van der Waals surface area contributed by atoms with Gasteiger partial charge in [0, 0.05) is 12.6 Å². The second-order valence-corrected chi connectivity index (χ2v) is 8.80. The van der Waals surface area contributed by atoms with Crippen molar-refractivity contribution in [3.8, 4) is 0 Å². The fraction of sp³-hybridized carbons (Fsp3) is 0.150. The van der Waals surface area contributed by atoms with E-state index >= 15 is 0 Å². The van der Waals surface area contributed by atoms with Crippen LogP contribution in [0.3, 0.4) is 0 Å². The predicted molar refractivity (Wildman–Crippen MR) is 114 cm³/mol. The highest BCUT2D eigenvalue weighted by Crippen LogP contribution is 2.21. The van der Waals surface area contributed by atoms with Crippen molar-refractivity contribution < 1.29 is 22.7 Å². The van der Waals surface area contributed by atoms with E-state index in [1.807, 2.05) is 30.3 Å². The van der Waals surface area contributed by atoms with Gasteiger partial charge in [0.15, 0.2) is 4.80 Å². The first-order chi connectivity index (χ1) is 14.3. The largest absolute Gasteiger partial charge is 0.469 e. The minimum Gasteiger partial charge on any atom is -0.469 e. The molecule has 30 heavy (non-hydrogen) atoms. The molecule has 0 aliphatic carbocycles. The SMILES string of the molecule is COC(=O)CCn1c(=NC(=O)/C=C/c2ccccc2)sc2cc(S(N)(=O)=O)ccc21. The fourth-order valence-corrected chi connectivity index (χ4v) is 4.42. The Morgan fingerprint density at radius 2 is 1.93 bits per heavy atom. The third kappa shape index (κ3) is 5.29. The van der Waals surface area contributed by atoms with Crippen molar-refractivity contribution >= 4 is 49.5 Å². The zero-order valence-electron chi connectivity index (χ0n) is 16.0. The van der Waals surface area contributed by atoms with Gasteiger partial charge in [0.05, 0.1) is 28.6 Å². The molecule has 1 aromatic heterocycles. The number of hydrogen-bond acceptors (Lipinski definition) is 6. The van der Waals surface area contributed by atoms with Crippen molar-refractivity contribution in [3.63, 3.8) is 0 Å². The predicted octanol–water partition coefficient (Wildman–Crippen LogP) is 2.05. The van der Waals surface area contributed by atoms with Crippen LogP contribution in [0.2, 0.25) is 0 Å². The number of ether oxygens (including phenoxy) is 1. The van der Waals surface area contributed by atoms with Crippen molar-refractivity contribution in [2.45, 2.75) is 17.9 Å². The number of methoxy groups -OCH3 is 1. The summed E-state index contributed by atoms with van der Waals surface area (Å²) < 4.78 is 30.2. The zero-order chi connectivity index (χ0) is 21.7. The van der Waals surface area contributed by atoms with Gasteiger partial charge in [-0.15, -0.1) is 0 Å². The van der Waals surface area contributed by atoms with Gasteiger partial charge in [0.1, 0.15) is 0 Å². The van der Waals surface area contributed by atoms with Crippen molar-refractivity contribution in [1.82, 2.24) is 4.57 Å². The number of carbonyl (C=O) groups excluding carboxylic acids is 2. The second kappa shape index (κ2) is 9.16. The molecule has 3 aromatic rings. The Balaban J connectivity index is 2.03. The maximum absolute atomic E-state index is 12.4. The highest BCUT2D eigenvalue weighted by molar-refractivity contribution is 7.89. The summed E-state index contributed by atoms with van der Waals surface area (Å²) >= 11 is 1.13. The quantitative estimate of drug-likeness (QED) is 0.460. The molecule has 0 aliphatic heterocycles. The normalized spacial score (nSPS) is 12.5. The van der Waals surface area contributed by atoms with Crippen LogP contribution in [0.25, 0.3) is 16.3 Å². The molecule has 2 N–H and O–H groups in total. The number of amides is 1. The number of nitrogens with zero attached hydrogens (tertiary/aromatic N) is 2. The van der Waals surface area contributed by atoms with Crippen molar-refractivity contribution in [3.05, 3.63) is 65.0 Å². The van der Waals surface area contributed by atoms with Gasteiger partial charge in [0.2, 0.25) is 10.0 Å². The maximum Gasteiger partial charge on any atom is 0.307 e. The molecule has 1 amide bonds. The average molecular weight is 446 g/mol. The zero-order valence-corrected chi connectivity index (χ0v) is 17.7. The van der Waals surface area contributed by atoms with E-state index in [9.17, 15) is 18.0 Å². The van der Waals surface area contributed by atoms with Crippen LogP contribution in [0.5, 0.6) is 0 Å². The number of carbonyl (C=O) groups is 2. The first-order valence-corrected chi connectivity index (χ1v) is 11.2. The standard InChI is InChI=1S/C20H19N3O5S2/c1-28-19(25)11-12-23-16-9-8-15(30(21,26)27)13-17(16)29-20(23)22-18(24)10-7-14-5-3-2-4-6-14/h2-10,13H,11-12H2,1H3,(H2,21,26,27)/b10-7+,22-20?. The topological polar surface area (TPSA) is 121 Å². The number of thiazole rings is 1. The van der Waals surface area contributed by atoms with E-state index in [2.05, 4.69) is 9.73 Å². The third-order valence-electron chi connectivity index (χ3n) is 4.17. The van der Waals surface area contributed by atoms with E-state index in [1.54, 1.807) is 16.7 Å². The molecule has 0 saturated carbocycles. The van der Waals surface area contributed by atoms with Gasteiger partial charge in [0.25, 0.3) is 5.91 Å². The molecule has 3 rings (SSSR count). The molecular formula is C20H19N3O5S2. The number of primary sulfonamides is 1. The highest BCUT2D eigenvalue weighted by atomic mass is 32.2. The summed E-state index contributed by atoms with van der Waals surface area (Å²) in [6.45, 7) is 0.218. The van der Waals surface area contributed by atoms with Crippen LogP contribution < -0.4 is 9.94 Å². The number of fused-ring (bicyclic) bond motifs is 1. The van der Waals surface area contributed by atoms with E-state index < -0.39 is 21.9 Å². The van der Waals surface area contributed by atoms with E-state index in [0.717, 1.165) is 16.9 Å². The summed E-state index contributed by atoms with van der Waals surface area (Å²) in [6.07, 6.45) is 3.07. The Labute approximate surface area is 177 Å². The van der Waals surface area contributed by atoms with E-state index in [-0.39, 0.29) is 17.9 Å². The molecule has 2 aromatic carbocycles. The number of hydrogen-bond donors (Lipinski definition) is 1. The fourth-order valence-electron chi connectivity index (χ4n) is 2.70. The van der Waals surface area contributed by atoms with E-state index in [0.29, 0.717) is 15.0 Å².